The van der Waals surface area contributed by atoms with E-state index in [0.717, 1.165) is 0 Å². The number of aromatic nitrogens is 1. The van der Waals surface area contributed by atoms with Crippen LogP contribution in [-0.2, 0) is 16.7 Å². The van der Waals surface area contributed by atoms with Gasteiger partial charge >= 0.3 is 0 Å². The predicted molar refractivity (Wildman–Crippen MR) is 101 cm³/mol. The first-order valence-electron chi connectivity index (χ1n) is 8.58. The number of pyridine rings is 1. The van der Waals surface area contributed by atoms with Crippen LogP contribution in [0.1, 0.15) is 40.5 Å². The fourth-order valence-electron chi connectivity index (χ4n) is 3.04. The summed E-state index contributed by atoms with van der Waals surface area (Å²) >= 11 is 0. The molecule has 2 N–H and O–H groups in total. The molecule has 0 saturated heterocycles. The van der Waals surface area contributed by atoms with Gasteiger partial charge < -0.3 is 10.5 Å². The number of amidine groups is 1. The van der Waals surface area contributed by atoms with Crippen molar-refractivity contribution in [2.24, 2.45) is 10.7 Å². The highest BCUT2D eigenvalue weighted by atomic mass is 19.1. The number of aliphatic imine (C=N–C) groups is 1. The number of carbonyl (C=O) groups excluding carboxylic acids is 1. The molecule has 0 spiro atoms. The van der Waals surface area contributed by atoms with Crippen molar-refractivity contribution in [1.29, 1.82) is 5.26 Å². The Balaban J connectivity index is 1.94. The van der Waals surface area contributed by atoms with Crippen LogP contribution in [0.4, 0.5) is 4.39 Å². The molecule has 0 radical (unpaired) electrons. The minimum atomic E-state index is -1.15. The van der Waals surface area contributed by atoms with Crippen LogP contribution in [0.3, 0.4) is 0 Å². The molecule has 1 aromatic heterocycles. The normalized spacial score (nSPS) is 18.1. The van der Waals surface area contributed by atoms with E-state index < -0.39 is 11.4 Å². The minimum absolute atomic E-state index is 0.0253. The van der Waals surface area contributed by atoms with E-state index in [1.165, 1.54) is 24.4 Å². The van der Waals surface area contributed by atoms with Crippen LogP contribution < -0.4 is 5.73 Å². The zero-order valence-corrected chi connectivity index (χ0v) is 15.2. The topological polar surface area (TPSA) is 101 Å². The van der Waals surface area contributed by atoms with Crippen LogP contribution >= 0.6 is 0 Å². The lowest BCUT2D eigenvalue weighted by Gasteiger charge is -2.29. The molecule has 2 heterocycles. The highest BCUT2D eigenvalue weighted by Gasteiger charge is 2.36. The van der Waals surface area contributed by atoms with Crippen LogP contribution in [0.25, 0.3) is 0 Å². The minimum Gasteiger partial charge on any atom is -0.465 e. The average molecular weight is 376 g/mol. The van der Waals surface area contributed by atoms with Gasteiger partial charge in [-0.3, -0.25) is 9.78 Å². The maximum absolute atomic E-state index is 14.6. The molecule has 1 aliphatic rings. The largest absolute Gasteiger partial charge is 0.465 e. The van der Waals surface area contributed by atoms with Gasteiger partial charge in [0.1, 0.15) is 17.6 Å². The lowest BCUT2D eigenvalue weighted by molar-refractivity contribution is 0.0988. The summed E-state index contributed by atoms with van der Waals surface area (Å²) in [5, 5.41) is 8.82. The molecule has 0 bridgehead atoms. The number of nitriles is 1. The fourth-order valence-corrected chi connectivity index (χ4v) is 3.04. The van der Waals surface area contributed by atoms with Crippen molar-refractivity contribution in [2.75, 3.05) is 6.61 Å². The van der Waals surface area contributed by atoms with Gasteiger partial charge in [-0.2, -0.15) is 5.26 Å². The number of Topliss-reactive ketones (excluding diaryl/α,β-unsaturated/α-hetero) is 1. The molecule has 6 nitrogen and oxygen atoms in total. The lowest BCUT2D eigenvalue weighted by Crippen LogP contribution is -2.35. The van der Waals surface area contributed by atoms with Crippen molar-refractivity contribution in [1.82, 2.24) is 4.98 Å². The zero-order chi connectivity index (χ0) is 20.1. The van der Waals surface area contributed by atoms with Crippen molar-refractivity contribution in [3.63, 3.8) is 0 Å². The summed E-state index contributed by atoms with van der Waals surface area (Å²) in [6, 6.07) is 9.36. The van der Waals surface area contributed by atoms with Gasteiger partial charge in [0.25, 0.3) is 6.02 Å². The molecule has 0 unspecified atom stereocenters. The molecule has 3 rings (SSSR count). The maximum Gasteiger partial charge on any atom is 0.283 e. The van der Waals surface area contributed by atoms with Crippen LogP contribution in [-0.4, -0.2) is 23.4 Å². The maximum atomic E-state index is 14.6. The van der Waals surface area contributed by atoms with E-state index in [2.05, 4.69) is 21.8 Å². The number of hydrogen-bond donors (Lipinski definition) is 1. The van der Waals surface area contributed by atoms with E-state index in [1.807, 2.05) is 6.07 Å². The van der Waals surface area contributed by atoms with Crippen molar-refractivity contribution < 1.29 is 13.9 Å². The van der Waals surface area contributed by atoms with Gasteiger partial charge in [-0.05, 0) is 36.8 Å². The van der Waals surface area contributed by atoms with Crippen LogP contribution in [0, 0.1) is 29.0 Å². The van der Waals surface area contributed by atoms with Crippen LogP contribution in [0.2, 0.25) is 0 Å². The third kappa shape index (κ3) is 3.84. The van der Waals surface area contributed by atoms with E-state index in [-0.39, 0.29) is 36.1 Å². The fraction of sp³-hybridized carbons (Fsp3) is 0.238. The number of rotatable bonds is 4. The van der Waals surface area contributed by atoms with Gasteiger partial charge in [0.05, 0.1) is 12.2 Å². The number of ether oxygens (including phenoxy) is 1. The van der Waals surface area contributed by atoms with Gasteiger partial charge in [-0.1, -0.05) is 12.0 Å². The average Bonchev–Trinajstić information content (AvgIpc) is 2.69. The Bertz CT molecular complexity index is 1040. The molecule has 1 aromatic carbocycles. The molecule has 0 amide bonds. The molecule has 0 aliphatic carbocycles. The zero-order valence-electron chi connectivity index (χ0n) is 15.2. The first-order valence-corrected chi connectivity index (χ1v) is 8.58. The third-order valence-electron chi connectivity index (χ3n) is 4.37. The van der Waals surface area contributed by atoms with Gasteiger partial charge in [0.15, 0.2) is 11.3 Å². The number of hydrogen-bond acceptors (Lipinski definition) is 6. The van der Waals surface area contributed by atoms with Crippen molar-refractivity contribution in [2.45, 2.75) is 25.3 Å². The molecule has 0 fully saturated rings. The van der Waals surface area contributed by atoms with E-state index in [4.69, 9.17) is 15.7 Å². The van der Waals surface area contributed by atoms with E-state index in [1.54, 1.807) is 19.1 Å². The molecule has 2 aromatic rings. The van der Waals surface area contributed by atoms with Gasteiger partial charge in [-0.15, -0.1) is 5.92 Å². The molecule has 1 atom stereocenters. The summed E-state index contributed by atoms with van der Waals surface area (Å²) in [4.78, 5) is 20.8. The summed E-state index contributed by atoms with van der Waals surface area (Å²) in [7, 11) is 0. The number of nitrogens with zero attached hydrogens (tertiary/aromatic N) is 3. The second-order valence-corrected chi connectivity index (χ2v) is 6.24. The Morgan fingerprint density at radius 3 is 2.86 bits per heavy atom. The van der Waals surface area contributed by atoms with E-state index in [9.17, 15) is 9.18 Å². The summed E-state index contributed by atoms with van der Waals surface area (Å²) < 4.78 is 19.8. The Morgan fingerprint density at radius 1 is 1.39 bits per heavy atom. The quantitative estimate of drug-likeness (QED) is 0.652. The molecular weight excluding hydrogens is 359 g/mol. The highest BCUT2D eigenvalue weighted by Crippen LogP contribution is 2.34. The standard InChI is InChI=1S/C21H17FN4O2/c1-2-7-21(8-9-28-20(24)26-21)16-10-14(3-5-17(16)22)11-19(27)18-6-4-15(12-23)13-25-18/h3-6,10,13H,8-9,11H2,1H3,(H2,24,26)/t21-/m0/s1. The highest BCUT2D eigenvalue weighted by molar-refractivity contribution is 5.95. The van der Waals surface area contributed by atoms with Crippen molar-refractivity contribution in [3.05, 3.63) is 64.7 Å². The molecule has 0 saturated carbocycles. The molecule has 7 heteroatoms. The number of benzene rings is 1. The molecular formula is C21H17FN4O2. The predicted octanol–water partition coefficient (Wildman–Crippen LogP) is 2.47. The van der Waals surface area contributed by atoms with E-state index in [0.29, 0.717) is 17.5 Å². The Kier molecular flexibility index (Phi) is 5.37. The van der Waals surface area contributed by atoms with Crippen LogP contribution in [0.5, 0.6) is 0 Å². The second kappa shape index (κ2) is 7.89. The van der Waals surface area contributed by atoms with Crippen molar-refractivity contribution >= 4 is 11.8 Å². The Morgan fingerprint density at radius 2 is 2.21 bits per heavy atom. The summed E-state index contributed by atoms with van der Waals surface area (Å²) in [5.74, 6) is 5.01. The summed E-state index contributed by atoms with van der Waals surface area (Å²) in [6.45, 7) is 1.91. The second-order valence-electron chi connectivity index (χ2n) is 6.24. The van der Waals surface area contributed by atoms with Crippen molar-refractivity contribution in [3.8, 4) is 17.9 Å². The first-order chi connectivity index (χ1) is 13.5. The monoisotopic (exact) mass is 376 g/mol. The summed E-state index contributed by atoms with van der Waals surface area (Å²) in [5.41, 5.74) is 6.02. The summed E-state index contributed by atoms with van der Waals surface area (Å²) in [6.07, 6.45) is 1.71. The number of carbonyl (C=O) groups is 1. The molecule has 28 heavy (non-hydrogen) atoms. The van der Waals surface area contributed by atoms with Gasteiger partial charge in [-0.25, -0.2) is 9.38 Å². The van der Waals surface area contributed by atoms with Gasteiger partial charge in [0, 0.05) is 24.6 Å². The first kappa shape index (κ1) is 19.1. The SMILES string of the molecule is CC#C[C@@]1(c2cc(CC(=O)c3ccc(C#N)cn3)ccc2F)CCOC(N)=N1. The molecule has 1 aliphatic heterocycles. The third-order valence-corrected chi connectivity index (χ3v) is 4.37. The Labute approximate surface area is 161 Å². The van der Waals surface area contributed by atoms with Crippen LogP contribution in [0.15, 0.2) is 41.5 Å². The number of halogens is 1. The number of nitrogens with two attached hydrogens (primary N) is 1. The molecule has 140 valence electrons. The lowest BCUT2D eigenvalue weighted by atomic mass is 9.85. The number of ketones is 1. The Hall–Kier alpha value is -3.71. The van der Waals surface area contributed by atoms with Gasteiger partial charge in [0.2, 0.25) is 0 Å². The smallest absolute Gasteiger partial charge is 0.283 e. The van der Waals surface area contributed by atoms with E-state index >= 15 is 0 Å².